The molecule has 5 heteroatoms. The molecule has 1 heterocycles. The first-order chi connectivity index (χ1) is 13.1. The molecule has 27 heavy (non-hydrogen) atoms. The second-order valence-corrected chi connectivity index (χ2v) is 6.98. The van der Waals surface area contributed by atoms with Gasteiger partial charge in [-0.3, -0.25) is 9.69 Å². The summed E-state index contributed by atoms with van der Waals surface area (Å²) >= 11 is 0. The number of halogens is 1. The second-order valence-electron chi connectivity index (χ2n) is 6.98. The van der Waals surface area contributed by atoms with Crippen molar-refractivity contribution in [3.63, 3.8) is 0 Å². The van der Waals surface area contributed by atoms with Crippen LogP contribution in [-0.4, -0.2) is 55.5 Å². The van der Waals surface area contributed by atoms with Crippen molar-refractivity contribution in [1.29, 1.82) is 0 Å². The molecule has 2 aromatic carbocycles. The summed E-state index contributed by atoms with van der Waals surface area (Å²) in [5.74, 6) is 0.806. The summed E-state index contributed by atoms with van der Waals surface area (Å²) in [6.07, 6.45) is 2.44. The summed E-state index contributed by atoms with van der Waals surface area (Å²) < 4.78 is 18.1. The van der Waals surface area contributed by atoms with Crippen molar-refractivity contribution >= 4 is 5.91 Å². The van der Waals surface area contributed by atoms with Crippen LogP contribution >= 0.6 is 0 Å². The molecule has 3 rings (SSSR count). The molecule has 0 atom stereocenters. The number of nitrogens with zero attached hydrogens (tertiary/aromatic N) is 2. The maximum Gasteiger partial charge on any atom is 0.227 e. The summed E-state index contributed by atoms with van der Waals surface area (Å²) in [5, 5.41) is 0. The average Bonchev–Trinajstić information content (AvgIpc) is 2.70. The fraction of sp³-hybridized carbons (Fsp3) is 0.409. The summed E-state index contributed by atoms with van der Waals surface area (Å²) in [6.45, 7) is 4.41. The molecular weight excluding hydrogens is 343 g/mol. The highest BCUT2D eigenvalue weighted by Crippen LogP contribution is 2.13. The van der Waals surface area contributed by atoms with Gasteiger partial charge in [-0.25, -0.2) is 4.39 Å². The van der Waals surface area contributed by atoms with E-state index >= 15 is 0 Å². The fourth-order valence-electron chi connectivity index (χ4n) is 3.41. The van der Waals surface area contributed by atoms with Crippen molar-refractivity contribution in [2.45, 2.75) is 19.3 Å². The summed E-state index contributed by atoms with van der Waals surface area (Å²) in [6, 6.07) is 14.4. The van der Waals surface area contributed by atoms with Gasteiger partial charge in [-0.1, -0.05) is 24.3 Å². The normalized spacial score (nSPS) is 15.0. The Morgan fingerprint density at radius 2 is 1.59 bits per heavy atom. The van der Waals surface area contributed by atoms with Gasteiger partial charge in [-0.05, 0) is 54.8 Å². The quantitative estimate of drug-likeness (QED) is 0.751. The van der Waals surface area contributed by atoms with E-state index in [1.807, 2.05) is 41.3 Å². The number of carbonyl (C=O) groups is 1. The van der Waals surface area contributed by atoms with E-state index in [0.29, 0.717) is 6.42 Å². The molecule has 0 unspecified atom stereocenters. The standard InChI is InChI=1S/C22H27FN2O2/c1-27-21-10-6-19(7-11-21)17-22(26)25-15-13-24(14-16-25)12-2-3-18-4-8-20(23)9-5-18/h4-11H,2-3,12-17H2,1H3. The van der Waals surface area contributed by atoms with Gasteiger partial charge in [0.1, 0.15) is 11.6 Å². The minimum atomic E-state index is -0.186. The molecule has 0 saturated carbocycles. The number of hydrogen-bond donors (Lipinski definition) is 0. The van der Waals surface area contributed by atoms with Crippen molar-refractivity contribution in [3.8, 4) is 5.75 Å². The van der Waals surface area contributed by atoms with Crippen molar-refractivity contribution in [3.05, 3.63) is 65.5 Å². The van der Waals surface area contributed by atoms with Crippen LogP contribution in [-0.2, 0) is 17.6 Å². The molecule has 1 aliphatic rings. The Bertz CT molecular complexity index is 723. The smallest absolute Gasteiger partial charge is 0.227 e. The number of benzene rings is 2. The largest absolute Gasteiger partial charge is 0.497 e. The van der Waals surface area contributed by atoms with Gasteiger partial charge in [0, 0.05) is 26.2 Å². The van der Waals surface area contributed by atoms with E-state index < -0.39 is 0 Å². The summed E-state index contributed by atoms with van der Waals surface area (Å²) in [5.41, 5.74) is 2.19. The zero-order valence-corrected chi connectivity index (χ0v) is 15.9. The third kappa shape index (κ3) is 5.79. The van der Waals surface area contributed by atoms with Crippen molar-refractivity contribution < 1.29 is 13.9 Å². The molecule has 4 nitrogen and oxygen atoms in total. The maximum atomic E-state index is 12.9. The van der Waals surface area contributed by atoms with E-state index in [2.05, 4.69) is 4.90 Å². The Hall–Kier alpha value is -2.40. The molecule has 1 aliphatic heterocycles. The lowest BCUT2D eigenvalue weighted by atomic mass is 10.1. The third-order valence-electron chi connectivity index (χ3n) is 5.09. The molecule has 2 aromatic rings. The Morgan fingerprint density at radius 1 is 0.963 bits per heavy atom. The maximum absolute atomic E-state index is 12.9. The van der Waals surface area contributed by atoms with Gasteiger partial charge in [0.2, 0.25) is 5.91 Å². The van der Waals surface area contributed by atoms with Crippen LogP contribution in [0.4, 0.5) is 4.39 Å². The number of aryl methyl sites for hydroxylation is 1. The van der Waals surface area contributed by atoms with Crippen LogP contribution in [0.2, 0.25) is 0 Å². The number of rotatable bonds is 7. The minimum absolute atomic E-state index is 0.186. The zero-order valence-electron chi connectivity index (χ0n) is 15.9. The monoisotopic (exact) mass is 370 g/mol. The van der Waals surface area contributed by atoms with E-state index in [1.165, 1.54) is 17.7 Å². The van der Waals surface area contributed by atoms with Crippen molar-refractivity contribution in [2.75, 3.05) is 39.8 Å². The molecule has 1 amide bonds. The van der Waals surface area contributed by atoms with Gasteiger partial charge in [0.05, 0.1) is 13.5 Å². The Kier molecular flexibility index (Phi) is 6.82. The average molecular weight is 370 g/mol. The SMILES string of the molecule is COc1ccc(CC(=O)N2CCN(CCCc3ccc(F)cc3)CC2)cc1. The van der Waals surface area contributed by atoms with Gasteiger partial charge in [0.15, 0.2) is 0 Å². The van der Waals surface area contributed by atoms with Crippen LogP contribution in [0.5, 0.6) is 5.75 Å². The van der Waals surface area contributed by atoms with Crippen LogP contribution in [0.25, 0.3) is 0 Å². The lowest BCUT2D eigenvalue weighted by molar-refractivity contribution is -0.132. The summed E-state index contributed by atoms with van der Waals surface area (Å²) in [4.78, 5) is 16.9. The lowest BCUT2D eigenvalue weighted by Crippen LogP contribution is -2.49. The number of piperazine rings is 1. The van der Waals surface area contributed by atoms with Gasteiger partial charge in [-0.15, -0.1) is 0 Å². The topological polar surface area (TPSA) is 32.8 Å². The molecule has 0 aliphatic carbocycles. The molecule has 0 bridgehead atoms. The predicted octanol–water partition coefficient (Wildman–Crippen LogP) is 3.15. The first-order valence-corrected chi connectivity index (χ1v) is 9.51. The van der Waals surface area contributed by atoms with Crippen LogP contribution in [0.3, 0.4) is 0 Å². The highest BCUT2D eigenvalue weighted by atomic mass is 19.1. The minimum Gasteiger partial charge on any atom is -0.497 e. The van der Waals surface area contributed by atoms with Gasteiger partial charge >= 0.3 is 0 Å². The van der Waals surface area contributed by atoms with E-state index in [0.717, 1.165) is 56.9 Å². The fourth-order valence-corrected chi connectivity index (χ4v) is 3.41. The van der Waals surface area contributed by atoms with E-state index in [1.54, 1.807) is 7.11 Å². The first-order valence-electron chi connectivity index (χ1n) is 9.51. The molecule has 0 spiro atoms. The van der Waals surface area contributed by atoms with Crippen molar-refractivity contribution in [1.82, 2.24) is 9.80 Å². The molecule has 0 radical (unpaired) electrons. The number of hydrogen-bond acceptors (Lipinski definition) is 3. The van der Waals surface area contributed by atoms with Crippen LogP contribution in [0.15, 0.2) is 48.5 Å². The van der Waals surface area contributed by atoms with Gasteiger partial charge < -0.3 is 9.64 Å². The molecule has 144 valence electrons. The lowest BCUT2D eigenvalue weighted by Gasteiger charge is -2.34. The number of ether oxygens (including phenoxy) is 1. The zero-order chi connectivity index (χ0) is 19.1. The van der Waals surface area contributed by atoms with E-state index in [-0.39, 0.29) is 11.7 Å². The number of amides is 1. The Morgan fingerprint density at radius 3 is 2.22 bits per heavy atom. The second kappa shape index (κ2) is 9.51. The van der Waals surface area contributed by atoms with Crippen molar-refractivity contribution in [2.24, 2.45) is 0 Å². The highest BCUT2D eigenvalue weighted by Gasteiger charge is 2.20. The Labute approximate surface area is 160 Å². The van der Waals surface area contributed by atoms with E-state index in [9.17, 15) is 9.18 Å². The first kappa shape index (κ1) is 19.4. The van der Waals surface area contributed by atoms with E-state index in [4.69, 9.17) is 4.74 Å². The van der Waals surface area contributed by atoms with Gasteiger partial charge in [0.25, 0.3) is 0 Å². The predicted molar refractivity (Wildman–Crippen MR) is 104 cm³/mol. The van der Waals surface area contributed by atoms with Crippen LogP contribution in [0.1, 0.15) is 17.5 Å². The Balaban J connectivity index is 1.37. The van der Waals surface area contributed by atoms with Crippen LogP contribution in [0, 0.1) is 5.82 Å². The molecule has 0 N–H and O–H groups in total. The summed E-state index contributed by atoms with van der Waals surface area (Å²) in [7, 11) is 1.64. The molecule has 0 aromatic heterocycles. The molecule has 1 fully saturated rings. The van der Waals surface area contributed by atoms with Crippen LogP contribution < -0.4 is 4.74 Å². The van der Waals surface area contributed by atoms with Gasteiger partial charge in [-0.2, -0.15) is 0 Å². The molecule has 1 saturated heterocycles. The number of methoxy groups -OCH3 is 1. The highest BCUT2D eigenvalue weighted by molar-refractivity contribution is 5.78. The third-order valence-corrected chi connectivity index (χ3v) is 5.09. The molecular formula is C22H27FN2O2. The number of carbonyl (C=O) groups excluding carboxylic acids is 1.